The molecule has 1 rings (SSSR count). The number of hydrogen-bond acceptors (Lipinski definition) is 1. The maximum absolute atomic E-state index is 11.0. The Hall–Kier alpha value is -0.0400. The van der Waals surface area contributed by atoms with Crippen LogP contribution in [-0.2, 0) is 4.79 Å². The molecule has 10 heavy (non-hydrogen) atoms. The Labute approximate surface area is 66.8 Å². The lowest BCUT2D eigenvalue weighted by Crippen LogP contribution is -2.30. The highest BCUT2D eigenvalue weighted by molar-refractivity contribution is 6.21. The van der Waals surface area contributed by atoms with E-state index in [4.69, 9.17) is 11.6 Å². The third-order valence-electron chi connectivity index (χ3n) is 2.19. The van der Waals surface area contributed by atoms with E-state index in [-0.39, 0.29) is 5.38 Å². The standard InChI is InChI=1S/C8H13ClO/c1-5-3-7(10)4-6(2)8(5)9/h5-6,8H,3-4H2,1-2H3. The molecule has 1 nitrogen and oxygen atoms in total. The Balaban J connectivity index is 2.57. The van der Waals surface area contributed by atoms with Crippen molar-refractivity contribution < 1.29 is 4.79 Å². The van der Waals surface area contributed by atoms with Crippen LogP contribution in [-0.4, -0.2) is 11.2 Å². The fourth-order valence-corrected chi connectivity index (χ4v) is 1.77. The SMILES string of the molecule is CC1CC(=O)CC(C)C1Cl. The molecule has 0 aromatic carbocycles. The van der Waals surface area contributed by atoms with Gasteiger partial charge in [-0.3, -0.25) is 4.79 Å². The minimum absolute atomic E-state index is 0.206. The molecule has 1 saturated carbocycles. The fraction of sp³-hybridized carbons (Fsp3) is 0.875. The summed E-state index contributed by atoms with van der Waals surface area (Å²) in [6, 6.07) is 0. The highest BCUT2D eigenvalue weighted by atomic mass is 35.5. The lowest BCUT2D eigenvalue weighted by atomic mass is 9.82. The summed E-state index contributed by atoms with van der Waals surface area (Å²) in [5, 5.41) is 0.206. The third kappa shape index (κ3) is 1.51. The molecule has 1 aliphatic carbocycles. The van der Waals surface area contributed by atoms with Crippen molar-refractivity contribution in [2.75, 3.05) is 0 Å². The number of rotatable bonds is 0. The first-order valence-corrected chi connectivity index (χ1v) is 4.20. The first kappa shape index (κ1) is 8.06. The maximum atomic E-state index is 11.0. The molecule has 0 amide bonds. The van der Waals surface area contributed by atoms with Gasteiger partial charge in [0.05, 0.1) is 0 Å². The van der Waals surface area contributed by atoms with Crippen LogP contribution in [0.2, 0.25) is 0 Å². The van der Waals surface area contributed by atoms with E-state index in [1.165, 1.54) is 0 Å². The van der Waals surface area contributed by atoms with E-state index in [2.05, 4.69) is 0 Å². The van der Waals surface area contributed by atoms with Crippen molar-refractivity contribution in [2.45, 2.75) is 32.1 Å². The molecular formula is C8H13ClO. The average Bonchev–Trinajstić information content (AvgIpc) is 1.82. The van der Waals surface area contributed by atoms with Crippen LogP contribution in [0.15, 0.2) is 0 Å². The summed E-state index contributed by atoms with van der Waals surface area (Å²) in [6.45, 7) is 4.09. The average molecular weight is 161 g/mol. The van der Waals surface area contributed by atoms with E-state index >= 15 is 0 Å². The lowest BCUT2D eigenvalue weighted by molar-refractivity contribution is -0.122. The van der Waals surface area contributed by atoms with Gasteiger partial charge in [-0.1, -0.05) is 13.8 Å². The highest BCUT2D eigenvalue weighted by Gasteiger charge is 2.29. The summed E-state index contributed by atoms with van der Waals surface area (Å²) >= 11 is 6.03. The topological polar surface area (TPSA) is 17.1 Å². The molecule has 2 unspecified atom stereocenters. The minimum Gasteiger partial charge on any atom is -0.300 e. The van der Waals surface area contributed by atoms with Gasteiger partial charge in [-0.05, 0) is 11.8 Å². The van der Waals surface area contributed by atoms with Crippen LogP contribution in [0.25, 0.3) is 0 Å². The summed E-state index contributed by atoms with van der Waals surface area (Å²) < 4.78 is 0. The van der Waals surface area contributed by atoms with Crippen LogP contribution in [0.4, 0.5) is 0 Å². The molecule has 0 N–H and O–H groups in total. The van der Waals surface area contributed by atoms with Crippen molar-refractivity contribution in [1.29, 1.82) is 0 Å². The van der Waals surface area contributed by atoms with Gasteiger partial charge in [0.25, 0.3) is 0 Å². The van der Waals surface area contributed by atoms with Crippen LogP contribution in [0.1, 0.15) is 26.7 Å². The lowest BCUT2D eigenvalue weighted by Gasteiger charge is -2.28. The molecule has 2 atom stereocenters. The minimum atomic E-state index is 0.206. The predicted octanol–water partition coefficient (Wildman–Crippen LogP) is 2.23. The Morgan fingerprint density at radius 3 is 2.10 bits per heavy atom. The molecule has 0 aromatic rings. The number of Topliss-reactive ketones (excluding diaryl/α,β-unsaturated/α-hetero) is 1. The zero-order chi connectivity index (χ0) is 7.72. The third-order valence-corrected chi connectivity index (χ3v) is 3.05. The molecule has 0 spiro atoms. The van der Waals surface area contributed by atoms with E-state index in [0.717, 1.165) is 0 Å². The Morgan fingerprint density at radius 1 is 1.30 bits per heavy atom. The fourth-order valence-electron chi connectivity index (χ4n) is 1.59. The molecule has 0 heterocycles. The predicted molar refractivity (Wildman–Crippen MR) is 42.2 cm³/mol. The van der Waals surface area contributed by atoms with Gasteiger partial charge in [0.1, 0.15) is 5.78 Å². The molecule has 0 bridgehead atoms. The van der Waals surface area contributed by atoms with Crippen LogP contribution in [0.5, 0.6) is 0 Å². The largest absolute Gasteiger partial charge is 0.300 e. The smallest absolute Gasteiger partial charge is 0.133 e. The van der Waals surface area contributed by atoms with Crippen LogP contribution < -0.4 is 0 Å². The van der Waals surface area contributed by atoms with E-state index < -0.39 is 0 Å². The van der Waals surface area contributed by atoms with Gasteiger partial charge in [-0.2, -0.15) is 0 Å². The van der Waals surface area contributed by atoms with E-state index in [0.29, 0.717) is 30.5 Å². The quantitative estimate of drug-likeness (QED) is 0.497. The molecule has 1 fully saturated rings. The normalized spacial score (nSPS) is 41.9. The molecule has 0 aromatic heterocycles. The number of carbonyl (C=O) groups is 1. The second-order valence-electron chi connectivity index (χ2n) is 3.35. The number of ketones is 1. The Morgan fingerprint density at radius 2 is 1.70 bits per heavy atom. The zero-order valence-corrected chi connectivity index (χ0v) is 7.19. The van der Waals surface area contributed by atoms with Crippen molar-refractivity contribution in [2.24, 2.45) is 11.8 Å². The molecule has 0 radical (unpaired) electrons. The summed E-state index contributed by atoms with van der Waals surface area (Å²) in [6.07, 6.45) is 1.36. The van der Waals surface area contributed by atoms with Crippen LogP contribution >= 0.6 is 11.6 Å². The number of hydrogen-bond donors (Lipinski definition) is 0. The van der Waals surface area contributed by atoms with Crippen molar-refractivity contribution >= 4 is 17.4 Å². The van der Waals surface area contributed by atoms with Gasteiger partial charge in [-0.15, -0.1) is 11.6 Å². The molecule has 2 heteroatoms. The highest BCUT2D eigenvalue weighted by Crippen LogP contribution is 2.30. The first-order chi connectivity index (χ1) is 4.61. The van der Waals surface area contributed by atoms with Gasteiger partial charge in [0.15, 0.2) is 0 Å². The van der Waals surface area contributed by atoms with Gasteiger partial charge in [0, 0.05) is 18.2 Å². The van der Waals surface area contributed by atoms with E-state index in [9.17, 15) is 4.79 Å². The van der Waals surface area contributed by atoms with Gasteiger partial charge in [0.2, 0.25) is 0 Å². The van der Waals surface area contributed by atoms with Crippen molar-refractivity contribution in [3.05, 3.63) is 0 Å². The van der Waals surface area contributed by atoms with Crippen molar-refractivity contribution in [3.63, 3.8) is 0 Å². The first-order valence-electron chi connectivity index (χ1n) is 3.77. The van der Waals surface area contributed by atoms with Crippen LogP contribution in [0, 0.1) is 11.8 Å². The molecule has 0 saturated heterocycles. The van der Waals surface area contributed by atoms with Crippen LogP contribution in [0.3, 0.4) is 0 Å². The second-order valence-corrected chi connectivity index (χ2v) is 3.85. The molecule has 1 aliphatic rings. The maximum Gasteiger partial charge on any atom is 0.133 e. The summed E-state index contributed by atoms with van der Waals surface area (Å²) in [5.41, 5.74) is 0. The Bertz CT molecular complexity index is 130. The van der Waals surface area contributed by atoms with Gasteiger partial charge in [-0.25, -0.2) is 0 Å². The molecule has 0 aliphatic heterocycles. The Kier molecular flexibility index (Phi) is 2.35. The zero-order valence-electron chi connectivity index (χ0n) is 6.43. The van der Waals surface area contributed by atoms with Gasteiger partial charge >= 0.3 is 0 Å². The summed E-state index contributed by atoms with van der Waals surface area (Å²) in [4.78, 5) is 11.0. The molecular weight excluding hydrogens is 148 g/mol. The van der Waals surface area contributed by atoms with Crippen molar-refractivity contribution in [1.82, 2.24) is 0 Å². The number of alkyl halides is 1. The van der Waals surface area contributed by atoms with Crippen molar-refractivity contribution in [3.8, 4) is 0 Å². The number of halogens is 1. The molecule has 58 valence electrons. The van der Waals surface area contributed by atoms with E-state index in [1.54, 1.807) is 0 Å². The monoisotopic (exact) mass is 160 g/mol. The summed E-state index contributed by atoms with van der Waals surface area (Å²) in [7, 11) is 0. The number of carbonyl (C=O) groups excluding carboxylic acids is 1. The second kappa shape index (κ2) is 2.91. The van der Waals surface area contributed by atoms with Gasteiger partial charge < -0.3 is 0 Å². The van der Waals surface area contributed by atoms with E-state index in [1.807, 2.05) is 13.8 Å². The summed E-state index contributed by atoms with van der Waals surface area (Å²) in [5.74, 6) is 1.12.